The minimum atomic E-state index is 0.638. The van der Waals surface area contributed by atoms with E-state index in [0.29, 0.717) is 5.78 Å². The lowest BCUT2D eigenvalue weighted by molar-refractivity contribution is 0.902. The molecule has 0 fully saturated rings. The molecule has 2 aromatic heterocycles. The quantitative estimate of drug-likeness (QED) is 0.643. The number of rotatable bonds is 1. The van der Waals surface area contributed by atoms with Crippen LogP contribution < -0.4 is 0 Å². The van der Waals surface area contributed by atoms with Crippen LogP contribution in [-0.4, -0.2) is 19.6 Å². The van der Waals surface area contributed by atoms with Crippen LogP contribution in [0.15, 0.2) is 36.8 Å². The average molecular weight is 170 g/mol. The lowest BCUT2D eigenvalue weighted by atomic mass is 10.1. The molecule has 13 heavy (non-hydrogen) atoms. The SMILES string of the molecule is C1=CC(c2cn3nccnc3n2)=C1. The molecule has 0 radical (unpaired) electrons. The van der Waals surface area contributed by atoms with Crippen molar-refractivity contribution in [2.45, 2.75) is 0 Å². The van der Waals surface area contributed by atoms with Crippen LogP contribution in [0.5, 0.6) is 0 Å². The molecular formula is C9H6N4. The van der Waals surface area contributed by atoms with Crippen LogP contribution in [0, 0.1) is 0 Å². The van der Waals surface area contributed by atoms with Crippen molar-refractivity contribution in [3.63, 3.8) is 0 Å². The van der Waals surface area contributed by atoms with Crippen molar-refractivity contribution >= 4 is 11.4 Å². The second-order valence-electron chi connectivity index (χ2n) is 2.79. The maximum Gasteiger partial charge on any atom is 0.251 e. The van der Waals surface area contributed by atoms with Gasteiger partial charge in [0, 0.05) is 5.57 Å². The summed E-state index contributed by atoms with van der Waals surface area (Å²) in [4.78, 5) is 8.39. The highest BCUT2D eigenvalue weighted by Gasteiger charge is 2.07. The van der Waals surface area contributed by atoms with Crippen molar-refractivity contribution in [1.82, 2.24) is 19.6 Å². The first kappa shape index (κ1) is 6.54. The van der Waals surface area contributed by atoms with Crippen LogP contribution in [0.2, 0.25) is 0 Å². The van der Waals surface area contributed by atoms with Gasteiger partial charge in [0.15, 0.2) is 0 Å². The molecule has 62 valence electrons. The molecule has 3 rings (SSSR count). The molecule has 1 aliphatic carbocycles. The van der Waals surface area contributed by atoms with Crippen LogP contribution in [0.25, 0.3) is 11.4 Å². The number of nitrogens with zero attached hydrogens (tertiary/aromatic N) is 4. The Labute approximate surface area is 74.3 Å². The summed E-state index contributed by atoms with van der Waals surface area (Å²) in [5.41, 5.74) is 2.06. The lowest BCUT2D eigenvalue weighted by Gasteiger charge is -2.00. The van der Waals surface area contributed by atoms with Gasteiger partial charge in [0.1, 0.15) is 0 Å². The van der Waals surface area contributed by atoms with E-state index in [2.05, 4.69) is 15.1 Å². The number of imidazole rings is 1. The van der Waals surface area contributed by atoms with Gasteiger partial charge in [0.2, 0.25) is 0 Å². The van der Waals surface area contributed by atoms with Gasteiger partial charge in [0.05, 0.1) is 24.3 Å². The highest BCUT2D eigenvalue weighted by molar-refractivity contribution is 5.79. The van der Waals surface area contributed by atoms with Crippen LogP contribution in [0.1, 0.15) is 5.69 Å². The van der Waals surface area contributed by atoms with Gasteiger partial charge in [-0.15, -0.1) is 0 Å². The van der Waals surface area contributed by atoms with Crippen molar-refractivity contribution in [1.29, 1.82) is 0 Å². The van der Waals surface area contributed by atoms with Gasteiger partial charge in [-0.3, -0.25) is 0 Å². The Morgan fingerprint density at radius 1 is 1.23 bits per heavy atom. The molecule has 2 heterocycles. The Morgan fingerprint density at radius 2 is 2.15 bits per heavy atom. The summed E-state index contributed by atoms with van der Waals surface area (Å²) in [6.45, 7) is 0. The molecule has 0 saturated heterocycles. The second-order valence-corrected chi connectivity index (χ2v) is 2.79. The molecule has 4 nitrogen and oxygen atoms in total. The fraction of sp³-hybridized carbons (Fsp3) is 0. The standard InChI is InChI=1S/C9H6N4/c1-2-7(3-1)8-6-13-9(12-8)10-4-5-11-13/h1-6H. The van der Waals surface area contributed by atoms with Crippen LogP contribution in [0.4, 0.5) is 0 Å². The van der Waals surface area contributed by atoms with Gasteiger partial charge in [-0.25, -0.2) is 14.5 Å². The first-order chi connectivity index (χ1) is 6.43. The van der Waals surface area contributed by atoms with Crippen molar-refractivity contribution in [3.05, 3.63) is 42.5 Å². The minimum absolute atomic E-state index is 0.638. The molecule has 0 aromatic carbocycles. The van der Waals surface area contributed by atoms with Crippen LogP contribution >= 0.6 is 0 Å². The molecular weight excluding hydrogens is 164 g/mol. The minimum Gasteiger partial charge on any atom is -0.218 e. The summed E-state index contributed by atoms with van der Waals surface area (Å²) in [6, 6.07) is 0. The average Bonchev–Trinajstić information content (AvgIpc) is 2.43. The normalized spacial score (nSPS) is 14.3. The van der Waals surface area contributed by atoms with Crippen LogP contribution in [0.3, 0.4) is 0 Å². The first-order valence-corrected chi connectivity index (χ1v) is 3.99. The smallest absolute Gasteiger partial charge is 0.218 e. The van der Waals surface area contributed by atoms with Crippen molar-refractivity contribution in [2.24, 2.45) is 0 Å². The fourth-order valence-corrected chi connectivity index (χ4v) is 1.24. The van der Waals surface area contributed by atoms with E-state index >= 15 is 0 Å². The zero-order chi connectivity index (χ0) is 8.67. The number of hydrogen-bond donors (Lipinski definition) is 0. The molecule has 2 aromatic rings. The third-order valence-electron chi connectivity index (χ3n) is 1.97. The highest BCUT2D eigenvalue weighted by Crippen LogP contribution is 2.20. The third kappa shape index (κ3) is 0.885. The maximum atomic E-state index is 4.30. The Morgan fingerprint density at radius 3 is 2.85 bits per heavy atom. The summed E-state index contributed by atoms with van der Waals surface area (Å²) in [7, 11) is 0. The first-order valence-electron chi connectivity index (χ1n) is 3.99. The molecule has 0 bridgehead atoms. The van der Waals surface area contributed by atoms with Gasteiger partial charge < -0.3 is 0 Å². The molecule has 0 saturated carbocycles. The molecule has 1 aliphatic rings. The second kappa shape index (κ2) is 2.26. The predicted molar refractivity (Wildman–Crippen MR) is 47.9 cm³/mol. The number of fused-ring (bicyclic) bond motifs is 1. The van der Waals surface area contributed by atoms with Gasteiger partial charge in [0.25, 0.3) is 5.78 Å². The molecule has 0 aliphatic heterocycles. The van der Waals surface area contributed by atoms with Crippen molar-refractivity contribution in [3.8, 4) is 0 Å². The Kier molecular flexibility index (Phi) is 1.14. The third-order valence-corrected chi connectivity index (χ3v) is 1.97. The number of allylic oxidation sites excluding steroid dienone is 4. The summed E-state index contributed by atoms with van der Waals surface area (Å²) in [5, 5.41) is 4.08. The summed E-state index contributed by atoms with van der Waals surface area (Å²) >= 11 is 0. The lowest BCUT2D eigenvalue weighted by Crippen LogP contribution is -1.89. The summed E-state index contributed by atoms with van der Waals surface area (Å²) in [5.74, 6) is 0.638. The van der Waals surface area contributed by atoms with Crippen molar-refractivity contribution < 1.29 is 0 Å². The fourth-order valence-electron chi connectivity index (χ4n) is 1.24. The zero-order valence-corrected chi connectivity index (χ0v) is 6.75. The van der Waals surface area contributed by atoms with E-state index in [4.69, 9.17) is 0 Å². The van der Waals surface area contributed by atoms with Gasteiger partial charge in [-0.05, 0) is 0 Å². The van der Waals surface area contributed by atoms with Gasteiger partial charge in [-0.2, -0.15) is 5.10 Å². The molecule has 0 spiro atoms. The van der Waals surface area contributed by atoms with E-state index in [1.165, 1.54) is 0 Å². The summed E-state index contributed by atoms with van der Waals surface area (Å²) < 4.78 is 1.67. The maximum absolute atomic E-state index is 4.30. The Balaban J connectivity index is 2.22. The predicted octanol–water partition coefficient (Wildman–Crippen LogP) is 1.08. The molecule has 0 amide bonds. The summed E-state index contributed by atoms with van der Waals surface area (Å²) in [6.07, 6.45) is 11.2. The van der Waals surface area contributed by atoms with E-state index in [0.717, 1.165) is 11.3 Å². The van der Waals surface area contributed by atoms with E-state index in [-0.39, 0.29) is 0 Å². The largest absolute Gasteiger partial charge is 0.251 e. The van der Waals surface area contributed by atoms with Gasteiger partial charge >= 0.3 is 0 Å². The van der Waals surface area contributed by atoms with Crippen molar-refractivity contribution in [2.75, 3.05) is 0 Å². The highest BCUT2D eigenvalue weighted by atomic mass is 15.3. The number of aromatic nitrogens is 4. The topological polar surface area (TPSA) is 43.1 Å². The number of hydrogen-bond acceptors (Lipinski definition) is 3. The van der Waals surface area contributed by atoms with E-state index in [1.54, 1.807) is 16.9 Å². The monoisotopic (exact) mass is 170 g/mol. The van der Waals surface area contributed by atoms with E-state index < -0.39 is 0 Å². The molecule has 0 atom stereocenters. The van der Waals surface area contributed by atoms with Gasteiger partial charge in [-0.1, -0.05) is 18.2 Å². The van der Waals surface area contributed by atoms with E-state index in [9.17, 15) is 0 Å². The van der Waals surface area contributed by atoms with E-state index in [1.807, 2.05) is 24.4 Å². The molecule has 4 heteroatoms. The zero-order valence-electron chi connectivity index (χ0n) is 6.75. The van der Waals surface area contributed by atoms with Crippen LogP contribution in [-0.2, 0) is 0 Å². The Bertz CT molecular complexity index is 488. The molecule has 0 unspecified atom stereocenters. The Hall–Kier alpha value is -1.97. The molecule has 0 N–H and O–H groups in total.